The van der Waals surface area contributed by atoms with Gasteiger partial charge in [-0.1, -0.05) is 11.6 Å². The lowest BCUT2D eigenvalue weighted by molar-refractivity contribution is 0.156. The maximum Gasteiger partial charge on any atom is 0.256 e. The minimum absolute atomic E-state index is 0.600. The Morgan fingerprint density at radius 1 is 1.50 bits per heavy atom. The second-order valence-corrected chi connectivity index (χ2v) is 3.43. The molecule has 1 fully saturated rings. The van der Waals surface area contributed by atoms with Gasteiger partial charge in [-0.3, -0.25) is 0 Å². The van der Waals surface area contributed by atoms with E-state index in [0.29, 0.717) is 0 Å². The van der Waals surface area contributed by atoms with E-state index in [4.69, 9.17) is 9.84 Å². The lowest BCUT2D eigenvalue weighted by atomic mass is 10.1. The van der Waals surface area contributed by atoms with E-state index in [-0.39, 0.29) is 0 Å². The van der Waals surface area contributed by atoms with Crippen LogP contribution in [0.1, 0.15) is 33.6 Å². The Balaban J connectivity index is 2.29. The normalized spacial score (nSPS) is 24.5. The number of aliphatic hydroxyl groups is 1. The summed E-state index contributed by atoms with van der Waals surface area (Å²) in [5.41, 5.74) is 2.50. The van der Waals surface area contributed by atoms with Crippen molar-refractivity contribution in [2.24, 2.45) is 0 Å². The summed E-state index contributed by atoms with van der Waals surface area (Å²) in [4.78, 5) is 0. The fourth-order valence-corrected chi connectivity index (χ4v) is 1.10. The Bertz CT molecular complexity index is 222. The number of rotatable bonds is 3. The molecular weight excluding hydrogens is 152 g/mol. The van der Waals surface area contributed by atoms with E-state index in [1.807, 2.05) is 6.92 Å². The largest absolute Gasteiger partial charge is 0.455 e. The highest BCUT2D eigenvalue weighted by Gasteiger charge is 2.31. The molecule has 0 saturated carbocycles. The number of epoxide rings is 1. The number of hydrogen-bond donors (Lipinski definition) is 1. The smallest absolute Gasteiger partial charge is 0.256 e. The number of ether oxygens (including phenoxy) is 1. The summed E-state index contributed by atoms with van der Waals surface area (Å²) in [6, 6.07) is 0. The van der Waals surface area contributed by atoms with E-state index in [2.05, 4.69) is 19.9 Å². The van der Waals surface area contributed by atoms with Gasteiger partial charge < -0.3 is 9.84 Å². The summed E-state index contributed by atoms with van der Waals surface area (Å²) in [6.07, 6.45) is 3.61. The molecule has 0 radical (unpaired) electrons. The van der Waals surface area contributed by atoms with Crippen molar-refractivity contribution in [2.45, 2.75) is 39.9 Å². The van der Waals surface area contributed by atoms with E-state index in [1.54, 1.807) is 0 Å². The molecule has 0 aromatic rings. The molecule has 1 rings (SSSR count). The van der Waals surface area contributed by atoms with Gasteiger partial charge in [-0.15, -0.1) is 0 Å². The molecule has 12 heavy (non-hydrogen) atoms. The Morgan fingerprint density at radius 3 is 2.50 bits per heavy atom. The van der Waals surface area contributed by atoms with Crippen molar-refractivity contribution in [3.8, 4) is 0 Å². The molecule has 0 aromatic heterocycles. The zero-order valence-corrected chi connectivity index (χ0v) is 7.92. The summed E-state index contributed by atoms with van der Waals surface area (Å²) < 4.78 is 4.85. The van der Waals surface area contributed by atoms with Gasteiger partial charge in [0.25, 0.3) is 6.29 Å². The van der Waals surface area contributed by atoms with E-state index < -0.39 is 6.29 Å². The highest BCUT2D eigenvalue weighted by Crippen LogP contribution is 2.29. The van der Waals surface area contributed by atoms with Gasteiger partial charge in [0, 0.05) is 0 Å². The molecular formula is C10H16O2. The minimum atomic E-state index is -0.600. The van der Waals surface area contributed by atoms with Gasteiger partial charge in [0.1, 0.15) is 0 Å². The van der Waals surface area contributed by atoms with Gasteiger partial charge in [-0.2, -0.15) is 0 Å². The third-order valence-corrected chi connectivity index (χ3v) is 1.90. The summed E-state index contributed by atoms with van der Waals surface area (Å²) >= 11 is 0. The molecule has 0 aliphatic carbocycles. The van der Waals surface area contributed by atoms with Crippen LogP contribution in [0.15, 0.2) is 23.0 Å². The van der Waals surface area contributed by atoms with Crippen LogP contribution < -0.4 is 0 Å². The van der Waals surface area contributed by atoms with Crippen molar-refractivity contribution in [1.82, 2.24) is 0 Å². The van der Waals surface area contributed by atoms with Gasteiger partial charge in [0.05, 0.1) is 0 Å². The van der Waals surface area contributed by atoms with Gasteiger partial charge in [0.15, 0.2) is 5.76 Å². The van der Waals surface area contributed by atoms with Crippen molar-refractivity contribution in [2.75, 3.05) is 0 Å². The quantitative estimate of drug-likeness (QED) is 0.518. The Kier molecular flexibility index (Phi) is 2.93. The van der Waals surface area contributed by atoms with E-state index in [0.717, 1.165) is 18.6 Å². The van der Waals surface area contributed by atoms with Crippen molar-refractivity contribution in [3.05, 3.63) is 23.0 Å². The summed E-state index contributed by atoms with van der Waals surface area (Å²) in [6.45, 7) is 6.18. The first kappa shape index (κ1) is 9.33. The molecule has 1 saturated heterocycles. The van der Waals surface area contributed by atoms with E-state index in [1.165, 1.54) is 11.1 Å². The van der Waals surface area contributed by atoms with E-state index in [9.17, 15) is 0 Å². The van der Waals surface area contributed by atoms with Crippen LogP contribution in [0.3, 0.4) is 0 Å². The summed E-state index contributed by atoms with van der Waals surface area (Å²) in [5.74, 6) is 0.775. The highest BCUT2D eigenvalue weighted by atomic mass is 16.7. The van der Waals surface area contributed by atoms with Crippen molar-refractivity contribution >= 4 is 0 Å². The number of allylic oxidation sites excluding steroid dienone is 3. The molecule has 1 atom stereocenters. The molecule has 1 heterocycles. The molecule has 1 unspecified atom stereocenters. The summed E-state index contributed by atoms with van der Waals surface area (Å²) in [7, 11) is 0. The first-order valence-corrected chi connectivity index (χ1v) is 4.29. The van der Waals surface area contributed by atoms with Crippen LogP contribution in [0, 0.1) is 0 Å². The van der Waals surface area contributed by atoms with Crippen LogP contribution >= 0.6 is 0 Å². The minimum Gasteiger partial charge on any atom is -0.455 e. The zero-order chi connectivity index (χ0) is 9.14. The van der Waals surface area contributed by atoms with Crippen LogP contribution in [-0.2, 0) is 4.74 Å². The lowest BCUT2D eigenvalue weighted by Crippen LogP contribution is -1.80. The van der Waals surface area contributed by atoms with E-state index >= 15 is 0 Å². The molecule has 0 bridgehead atoms. The third-order valence-electron chi connectivity index (χ3n) is 1.90. The molecule has 0 aromatic carbocycles. The van der Waals surface area contributed by atoms with Crippen molar-refractivity contribution < 1.29 is 9.84 Å². The average molecular weight is 168 g/mol. The lowest BCUT2D eigenvalue weighted by Gasteiger charge is -1.94. The second-order valence-electron chi connectivity index (χ2n) is 3.43. The Hall–Kier alpha value is -0.760. The standard InChI is InChI=1S/C10H16O2/c1-7(2)5-4-6-8(3)9-10(11)12-9/h5,10-11H,4,6H2,1-3H3/b9-8+. The van der Waals surface area contributed by atoms with Gasteiger partial charge in [-0.05, 0) is 39.2 Å². The molecule has 68 valence electrons. The van der Waals surface area contributed by atoms with Crippen LogP contribution in [-0.4, -0.2) is 11.4 Å². The SMILES string of the molecule is CC(C)=CCC/C(C)=C1/OC1O. The predicted octanol–water partition coefficient (Wildman–Crippen LogP) is 2.36. The van der Waals surface area contributed by atoms with Gasteiger partial charge in [-0.25, -0.2) is 0 Å². The zero-order valence-electron chi connectivity index (χ0n) is 7.92. The van der Waals surface area contributed by atoms with Crippen LogP contribution in [0.5, 0.6) is 0 Å². The number of aliphatic hydroxyl groups excluding tert-OH is 1. The molecule has 0 spiro atoms. The maximum absolute atomic E-state index is 8.91. The van der Waals surface area contributed by atoms with Crippen molar-refractivity contribution in [3.63, 3.8) is 0 Å². The molecule has 2 nitrogen and oxygen atoms in total. The third kappa shape index (κ3) is 2.70. The number of hydrogen-bond acceptors (Lipinski definition) is 2. The van der Waals surface area contributed by atoms with Crippen LogP contribution in [0.2, 0.25) is 0 Å². The predicted molar refractivity (Wildman–Crippen MR) is 48.5 cm³/mol. The van der Waals surface area contributed by atoms with Gasteiger partial charge in [0.2, 0.25) is 0 Å². The molecule has 0 amide bonds. The van der Waals surface area contributed by atoms with Crippen LogP contribution in [0.25, 0.3) is 0 Å². The fourth-order valence-electron chi connectivity index (χ4n) is 1.10. The maximum atomic E-state index is 8.91. The first-order valence-electron chi connectivity index (χ1n) is 4.29. The second kappa shape index (κ2) is 3.76. The monoisotopic (exact) mass is 168 g/mol. The molecule has 1 aliphatic heterocycles. The Morgan fingerprint density at radius 2 is 2.08 bits per heavy atom. The Labute approximate surface area is 73.5 Å². The molecule has 1 aliphatic rings. The topological polar surface area (TPSA) is 32.8 Å². The average Bonchev–Trinajstić information content (AvgIpc) is 2.66. The van der Waals surface area contributed by atoms with Gasteiger partial charge >= 0.3 is 0 Å². The first-order chi connectivity index (χ1) is 5.61. The fraction of sp³-hybridized carbons (Fsp3) is 0.600. The summed E-state index contributed by atoms with van der Waals surface area (Å²) in [5, 5.41) is 8.91. The van der Waals surface area contributed by atoms with Crippen molar-refractivity contribution in [1.29, 1.82) is 0 Å². The molecule has 2 heteroatoms. The van der Waals surface area contributed by atoms with Crippen LogP contribution in [0.4, 0.5) is 0 Å². The molecule has 1 N–H and O–H groups in total. The highest BCUT2D eigenvalue weighted by molar-refractivity contribution is 5.17.